The second kappa shape index (κ2) is 7.68. The van der Waals surface area contributed by atoms with E-state index >= 15 is 0 Å². The molecule has 1 heterocycles. The van der Waals surface area contributed by atoms with Gasteiger partial charge in [0, 0.05) is 6.42 Å². The molecule has 7 nitrogen and oxygen atoms in total. The number of nitrogens with zero attached hydrogens (tertiary/aromatic N) is 1. The van der Waals surface area contributed by atoms with Gasteiger partial charge < -0.3 is 15.4 Å². The van der Waals surface area contributed by atoms with E-state index in [0.29, 0.717) is 0 Å². The van der Waals surface area contributed by atoms with Gasteiger partial charge in [0.15, 0.2) is 22.4 Å². The Morgan fingerprint density at radius 2 is 2.08 bits per heavy atom. The van der Waals surface area contributed by atoms with Crippen molar-refractivity contribution in [2.45, 2.75) is 12.0 Å². The van der Waals surface area contributed by atoms with Crippen LogP contribution in [0.4, 0.5) is 0 Å². The third-order valence-electron chi connectivity index (χ3n) is 3.72. The van der Waals surface area contributed by atoms with Gasteiger partial charge in [-0.15, -0.1) is 0 Å². The molecule has 2 atom stereocenters. The van der Waals surface area contributed by atoms with Gasteiger partial charge in [-0.3, -0.25) is 9.59 Å². The van der Waals surface area contributed by atoms with Crippen LogP contribution in [0.5, 0.6) is 0 Å². The number of hydrogen-bond acceptors (Lipinski definition) is 6. The van der Waals surface area contributed by atoms with E-state index in [9.17, 15) is 19.6 Å². The molecule has 2 rings (SSSR count). The van der Waals surface area contributed by atoms with Crippen molar-refractivity contribution in [3.63, 3.8) is 0 Å². The SMILES string of the molecule is COC(=O)[C@]1(CC(=O)/C=C/c2ccccc2)NC(=S)NC(=O)[C@H]1C#N. The lowest BCUT2D eigenvalue weighted by atomic mass is 9.78. The Morgan fingerprint density at radius 3 is 2.68 bits per heavy atom. The number of nitrogens with one attached hydrogen (secondary N) is 2. The van der Waals surface area contributed by atoms with E-state index < -0.39 is 35.5 Å². The monoisotopic (exact) mass is 357 g/mol. The van der Waals surface area contributed by atoms with E-state index in [1.807, 2.05) is 18.2 Å². The first-order chi connectivity index (χ1) is 11.9. The van der Waals surface area contributed by atoms with E-state index in [1.165, 1.54) is 6.08 Å². The van der Waals surface area contributed by atoms with Crippen molar-refractivity contribution >= 4 is 41.1 Å². The van der Waals surface area contributed by atoms with Gasteiger partial charge in [-0.25, -0.2) is 4.79 Å². The molecular formula is C17H15N3O4S. The standard InChI is InChI=1S/C17H15N3O4S/c1-24-15(23)17(13(10-18)14(22)19-16(25)20-17)9-12(21)8-7-11-5-3-2-4-6-11/h2-8,13H,9H2,1H3,(H2,19,20,22,25)/b8-7+/t13-,17-/m1/s1. The molecule has 1 aliphatic heterocycles. The zero-order valence-electron chi connectivity index (χ0n) is 13.3. The number of hydrogen-bond donors (Lipinski definition) is 2. The van der Waals surface area contributed by atoms with Crippen LogP contribution in [0.3, 0.4) is 0 Å². The molecule has 0 bridgehead atoms. The van der Waals surface area contributed by atoms with E-state index in [-0.39, 0.29) is 5.11 Å². The summed E-state index contributed by atoms with van der Waals surface area (Å²) < 4.78 is 4.72. The summed E-state index contributed by atoms with van der Waals surface area (Å²) in [5.74, 6) is -3.57. The van der Waals surface area contributed by atoms with Crippen molar-refractivity contribution in [3.8, 4) is 6.07 Å². The predicted octanol–water partition coefficient (Wildman–Crippen LogP) is 0.715. The summed E-state index contributed by atoms with van der Waals surface area (Å²) in [4.78, 5) is 36.7. The Bertz CT molecular complexity index is 785. The molecule has 0 aromatic heterocycles. The molecule has 0 spiro atoms. The molecule has 0 saturated carbocycles. The highest BCUT2D eigenvalue weighted by Crippen LogP contribution is 2.27. The smallest absolute Gasteiger partial charge is 0.334 e. The fourth-order valence-electron chi connectivity index (χ4n) is 2.54. The third-order valence-corrected chi connectivity index (χ3v) is 3.93. The van der Waals surface area contributed by atoms with E-state index in [1.54, 1.807) is 24.3 Å². The molecule has 1 amide bonds. The van der Waals surface area contributed by atoms with Crippen molar-refractivity contribution in [2.75, 3.05) is 7.11 Å². The van der Waals surface area contributed by atoms with Crippen LogP contribution in [0.2, 0.25) is 0 Å². The van der Waals surface area contributed by atoms with Gasteiger partial charge in [0.2, 0.25) is 5.91 Å². The largest absolute Gasteiger partial charge is 0.467 e. The van der Waals surface area contributed by atoms with Crippen LogP contribution in [-0.2, 0) is 19.1 Å². The molecule has 2 N–H and O–H groups in total. The molecule has 1 saturated heterocycles. The number of esters is 1. The number of rotatable bonds is 5. The number of methoxy groups -OCH3 is 1. The molecule has 0 radical (unpaired) electrons. The van der Waals surface area contributed by atoms with Gasteiger partial charge in [-0.2, -0.15) is 5.26 Å². The highest BCUT2D eigenvalue weighted by Gasteiger charge is 2.55. The molecule has 25 heavy (non-hydrogen) atoms. The maximum Gasteiger partial charge on any atom is 0.334 e. The molecule has 1 aliphatic rings. The van der Waals surface area contributed by atoms with Crippen LogP contribution in [0.1, 0.15) is 12.0 Å². The number of thiocarbonyl (C=S) groups is 1. The second-order valence-corrected chi connectivity index (χ2v) is 5.76. The summed E-state index contributed by atoms with van der Waals surface area (Å²) in [5.41, 5.74) is -1.06. The normalized spacial score (nSPS) is 22.6. The lowest BCUT2D eigenvalue weighted by Gasteiger charge is -2.38. The fraction of sp³-hybridized carbons (Fsp3) is 0.235. The first-order valence-electron chi connectivity index (χ1n) is 7.30. The van der Waals surface area contributed by atoms with Gasteiger partial charge in [0.05, 0.1) is 13.2 Å². The van der Waals surface area contributed by atoms with Crippen LogP contribution in [0.25, 0.3) is 6.08 Å². The summed E-state index contributed by atoms with van der Waals surface area (Å²) in [6.07, 6.45) is 2.41. The van der Waals surface area contributed by atoms with Gasteiger partial charge in [-0.1, -0.05) is 36.4 Å². The molecule has 1 fully saturated rings. The van der Waals surface area contributed by atoms with E-state index in [4.69, 9.17) is 17.0 Å². The molecule has 0 unspecified atom stereocenters. The average molecular weight is 357 g/mol. The first-order valence-corrected chi connectivity index (χ1v) is 7.71. The zero-order valence-corrected chi connectivity index (χ0v) is 14.1. The summed E-state index contributed by atoms with van der Waals surface area (Å²) in [5, 5.41) is 14.0. The number of ketones is 1. The molecular weight excluding hydrogens is 342 g/mol. The van der Waals surface area contributed by atoms with Gasteiger partial charge in [0.1, 0.15) is 0 Å². The first kappa shape index (κ1) is 18.3. The number of benzene rings is 1. The summed E-state index contributed by atoms with van der Waals surface area (Å²) in [6, 6.07) is 10.8. The maximum absolute atomic E-state index is 12.4. The fourth-order valence-corrected chi connectivity index (χ4v) is 2.82. The highest BCUT2D eigenvalue weighted by atomic mass is 32.1. The van der Waals surface area contributed by atoms with Crippen molar-refractivity contribution in [3.05, 3.63) is 42.0 Å². The van der Waals surface area contributed by atoms with Crippen molar-refractivity contribution in [1.29, 1.82) is 5.26 Å². The molecule has 1 aromatic carbocycles. The van der Waals surface area contributed by atoms with Crippen molar-refractivity contribution in [1.82, 2.24) is 10.6 Å². The van der Waals surface area contributed by atoms with Gasteiger partial charge >= 0.3 is 5.97 Å². The lowest BCUT2D eigenvalue weighted by Crippen LogP contribution is -2.70. The number of carbonyl (C=O) groups excluding carboxylic acids is 3. The molecule has 0 aliphatic carbocycles. The van der Waals surface area contributed by atoms with E-state index in [2.05, 4.69) is 10.6 Å². The molecule has 8 heteroatoms. The molecule has 1 aromatic rings. The third kappa shape index (κ3) is 3.89. The Balaban J connectivity index is 2.31. The Morgan fingerprint density at radius 1 is 1.40 bits per heavy atom. The number of carbonyl (C=O) groups is 3. The summed E-state index contributed by atoms with van der Waals surface area (Å²) >= 11 is 4.90. The minimum absolute atomic E-state index is 0.137. The summed E-state index contributed by atoms with van der Waals surface area (Å²) in [6.45, 7) is 0. The van der Waals surface area contributed by atoms with Crippen molar-refractivity contribution in [2.24, 2.45) is 5.92 Å². The van der Waals surface area contributed by atoms with Crippen LogP contribution in [-0.4, -0.2) is 35.4 Å². The maximum atomic E-state index is 12.4. The number of nitriles is 1. The number of ether oxygens (including phenoxy) is 1. The predicted molar refractivity (Wildman–Crippen MR) is 92.8 cm³/mol. The minimum atomic E-state index is -1.86. The van der Waals surface area contributed by atoms with E-state index in [0.717, 1.165) is 12.7 Å². The second-order valence-electron chi connectivity index (χ2n) is 5.36. The van der Waals surface area contributed by atoms with Crippen LogP contribution >= 0.6 is 12.2 Å². The van der Waals surface area contributed by atoms with Crippen molar-refractivity contribution < 1.29 is 19.1 Å². The quantitative estimate of drug-likeness (QED) is 0.454. The van der Waals surface area contributed by atoms with Gasteiger partial charge in [-0.05, 0) is 23.9 Å². The highest BCUT2D eigenvalue weighted by molar-refractivity contribution is 7.80. The number of amides is 1. The lowest BCUT2D eigenvalue weighted by molar-refractivity contribution is -0.154. The van der Waals surface area contributed by atoms with Crippen LogP contribution < -0.4 is 10.6 Å². The summed E-state index contributed by atoms with van der Waals surface area (Å²) in [7, 11) is 1.11. The minimum Gasteiger partial charge on any atom is -0.467 e. The van der Waals surface area contributed by atoms with Crippen LogP contribution in [0, 0.1) is 17.2 Å². The number of allylic oxidation sites excluding steroid dienone is 1. The topological polar surface area (TPSA) is 108 Å². The zero-order chi connectivity index (χ0) is 18.4. The van der Waals surface area contributed by atoms with Crippen LogP contribution in [0.15, 0.2) is 36.4 Å². The Kier molecular flexibility index (Phi) is 5.62. The Hall–Kier alpha value is -3.05. The average Bonchev–Trinajstić information content (AvgIpc) is 2.59. The Labute approximate surface area is 149 Å². The molecule has 128 valence electrons. The van der Waals surface area contributed by atoms with Gasteiger partial charge in [0.25, 0.3) is 0 Å².